The fourth-order valence-corrected chi connectivity index (χ4v) is 3.77. The molecule has 1 amide bonds. The lowest BCUT2D eigenvalue weighted by molar-refractivity contribution is -0.137. The molecule has 1 atom stereocenters. The summed E-state index contributed by atoms with van der Waals surface area (Å²) in [5, 5.41) is 0. The molecule has 4 rings (SSSR count). The Balaban J connectivity index is 1.63. The molecule has 0 spiro atoms. The number of carbonyl (C=O) groups excluding carboxylic acids is 1. The van der Waals surface area contributed by atoms with E-state index in [2.05, 4.69) is 15.0 Å². The first kappa shape index (κ1) is 20.0. The minimum absolute atomic E-state index is 0.113. The van der Waals surface area contributed by atoms with Gasteiger partial charge >= 0.3 is 6.18 Å². The molecule has 0 bridgehead atoms. The molecule has 30 heavy (non-hydrogen) atoms. The number of alkyl halides is 3. The molecule has 3 heterocycles. The lowest BCUT2D eigenvalue weighted by Gasteiger charge is -2.33. The molecule has 1 aromatic carbocycles. The molecule has 1 aliphatic rings. The first-order valence-corrected chi connectivity index (χ1v) is 9.61. The van der Waals surface area contributed by atoms with Crippen molar-refractivity contribution in [3.8, 4) is 11.3 Å². The van der Waals surface area contributed by atoms with E-state index in [9.17, 15) is 18.0 Å². The smallest absolute Gasteiger partial charge is 0.338 e. The normalized spacial score (nSPS) is 17.0. The number of rotatable bonds is 3. The van der Waals surface area contributed by atoms with Gasteiger partial charge in [0.25, 0.3) is 5.91 Å². The van der Waals surface area contributed by atoms with E-state index in [0.717, 1.165) is 25.0 Å². The second-order valence-corrected chi connectivity index (χ2v) is 7.20. The van der Waals surface area contributed by atoms with Crippen molar-refractivity contribution in [3.05, 3.63) is 78.0 Å². The van der Waals surface area contributed by atoms with Crippen molar-refractivity contribution in [1.82, 2.24) is 19.9 Å². The summed E-state index contributed by atoms with van der Waals surface area (Å²) in [6.07, 6.45) is 3.26. The number of hydrogen-bond donors (Lipinski definition) is 0. The Kier molecular flexibility index (Phi) is 5.48. The molecule has 5 nitrogen and oxygen atoms in total. The van der Waals surface area contributed by atoms with Gasteiger partial charge in [0.05, 0.1) is 22.5 Å². The summed E-state index contributed by atoms with van der Waals surface area (Å²) in [7, 11) is 0. The molecule has 154 valence electrons. The summed E-state index contributed by atoms with van der Waals surface area (Å²) >= 11 is 0. The lowest BCUT2D eigenvalue weighted by Crippen LogP contribution is -2.39. The van der Waals surface area contributed by atoms with Crippen LogP contribution in [0.2, 0.25) is 0 Å². The predicted octanol–water partition coefficient (Wildman–Crippen LogP) is 4.58. The second-order valence-electron chi connectivity index (χ2n) is 7.20. The van der Waals surface area contributed by atoms with E-state index in [1.165, 1.54) is 24.7 Å². The van der Waals surface area contributed by atoms with Gasteiger partial charge in [-0.25, -0.2) is 0 Å². The quantitative estimate of drug-likeness (QED) is 0.632. The van der Waals surface area contributed by atoms with Gasteiger partial charge in [-0.1, -0.05) is 12.1 Å². The number of carbonyl (C=O) groups is 1. The van der Waals surface area contributed by atoms with Crippen LogP contribution < -0.4 is 0 Å². The SMILES string of the molecule is O=C(c1cccnc1)N1CCCC(c2nccnc2-c2cccc(C(F)(F)F)c2)C1. The number of pyridine rings is 1. The molecule has 3 aromatic rings. The van der Waals surface area contributed by atoms with Crippen LogP contribution in [0.3, 0.4) is 0 Å². The first-order chi connectivity index (χ1) is 14.4. The van der Waals surface area contributed by atoms with Gasteiger partial charge < -0.3 is 4.90 Å². The molecule has 0 aliphatic carbocycles. The van der Waals surface area contributed by atoms with Gasteiger partial charge in [0.15, 0.2) is 0 Å². The molecule has 0 N–H and O–H groups in total. The van der Waals surface area contributed by atoms with E-state index in [1.807, 2.05) is 0 Å². The Morgan fingerprint density at radius 2 is 1.90 bits per heavy atom. The van der Waals surface area contributed by atoms with Crippen LogP contribution in [0.5, 0.6) is 0 Å². The number of piperidine rings is 1. The number of likely N-dealkylation sites (tertiary alicyclic amines) is 1. The van der Waals surface area contributed by atoms with Crippen LogP contribution in [-0.2, 0) is 6.18 Å². The summed E-state index contributed by atoms with van der Waals surface area (Å²) in [4.78, 5) is 27.3. The van der Waals surface area contributed by atoms with Gasteiger partial charge in [-0.15, -0.1) is 0 Å². The summed E-state index contributed by atoms with van der Waals surface area (Å²) in [5.74, 6) is -0.227. The summed E-state index contributed by atoms with van der Waals surface area (Å²) < 4.78 is 39.5. The van der Waals surface area contributed by atoms with Gasteiger partial charge in [-0.3, -0.25) is 19.7 Å². The maximum absolute atomic E-state index is 13.2. The van der Waals surface area contributed by atoms with Gasteiger partial charge in [0.1, 0.15) is 0 Å². The maximum Gasteiger partial charge on any atom is 0.416 e. The van der Waals surface area contributed by atoms with Crippen LogP contribution in [0, 0.1) is 0 Å². The van der Waals surface area contributed by atoms with Gasteiger partial charge in [-0.2, -0.15) is 13.2 Å². The van der Waals surface area contributed by atoms with Gasteiger partial charge in [-0.05, 0) is 37.1 Å². The van der Waals surface area contributed by atoms with Crippen molar-refractivity contribution >= 4 is 5.91 Å². The number of aromatic nitrogens is 3. The van der Waals surface area contributed by atoms with Crippen LogP contribution in [0.4, 0.5) is 13.2 Å². The van der Waals surface area contributed by atoms with Crippen molar-refractivity contribution in [2.75, 3.05) is 13.1 Å². The Bertz CT molecular complexity index is 1040. The summed E-state index contributed by atoms with van der Waals surface area (Å²) in [6, 6.07) is 8.53. The minimum Gasteiger partial charge on any atom is -0.338 e. The zero-order valence-corrected chi connectivity index (χ0v) is 16.0. The molecule has 1 saturated heterocycles. The van der Waals surface area contributed by atoms with Crippen molar-refractivity contribution in [2.45, 2.75) is 24.9 Å². The minimum atomic E-state index is -4.43. The van der Waals surface area contributed by atoms with Crippen LogP contribution in [0.25, 0.3) is 11.3 Å². The highest BCUT2D eigenvalue weighted by atomic mass is 19.4. The first-order valence-electron chi connectivity index (χ1n) is 9.61. The molecular weight excluding hydrogens is 393 g/mol. The molecule has 2 aromatic heterocycles. The topological polar surface area (TPSA) is 59.0 Å². The van der Waals surface area contributed by atoms with Crippen LogP contribution >= 0.6 is 0 Å². The van der Waals surface area contributed by atoms with Crippen LogP contribution in [0.1, 0.15) is 40.4 Å². The molecule has 0 saturated carbocycles. The largest absolute Gasteiger partial charge is 0.416 e. The average Bonchev–Trinajstić information content (AvgIpc) is 2.79. The summed E-state index contributed by atoms with van der Waals surface area (Å²) in [6.45, 7) is 1.04. The van der Waals surface area contributed by atoms with E-state index < -0.39 is 11.7 Å². The van der Waals surface area contributed by atoms with Crippen molar-refractivity contribution in [2.24, 2.45) is 0 Å². The van der Waals surface area contributed by atoms with Gasteiger partial charge in [0, 0.05) is 49.4 Å². The lowest BCUT2D eigenvalue weighted by atomic mass is 9.91. The highest BCUT2D eigenvalue weighted by Crippen LogP contribution is 2.35. The van der Waals surface area contributed by atoms with E-state index in [4.69, 9.17) is 0 Å². The standard InChI is InChI=1S/C22H19F3N4O/c23-22(24,25)18-7-1-4-15(12-18)19-20(28-10-9-27-19)17-6-3-11-29(14-17)21(30)16-5-2-8-26-13-16/h1-2,4-5,7-10,12-13,17H,3,6,11,14H2. The predicted molar refractivity (Wildman–Crippen MR) is 105 cm³/mol. The Labute approximate surface area is 171 Å². The maximum atomic E-state index is 13.2. The van der Waals surface area contributed by atoms with E-state index >= 15 is 0 Å². The molecule has 8 heteroatoms. The monoisotopic (exact) mass is 412 g/mol. The molecule has 0 radical (unpaired) electrons. The van der Waals surface area contributed by atoms with E-state index in [0.29, 0.717) is 35.6 Å². The third-order valence-corrected chi connectivity index (χ3v) is 5.19. The van der Waals surface area contributed by atoms with Crippen molar-refractivity contribution in [3.63, 3.8) is 0 Å². The molecular formula is C22H19F3N4O. The van der Waals surface area contributed by atoms with Gasteiger partial charge in [0.2, 0.25) is 0 Å². The number of amides is 1. The number of halogens is 3. The third kappa shape index (κ3) is 4.17. The van der Waals surface area contributed by atoms with E-state index in [1.54, 1.807) is 29.3 Å². The molecule has 1 aliphatic heterocycles. The second kappa shape index (κ2) is 8.22. The molecule has 1 fully saturated rings. The summed E-state index contributed by atoms with van der Waals surface area (Å²) in [5.41, 5.74) is 1.18. The average molecular weight is 412 g/mol. The zero-order chi connectivity index (χ0) is 21.1. The fraction of sp³-hybridized carbons (Fsp3) is 0.273. The fourth-order valence-electron chi connectivity index (χ4n) is 3.77. The Morgan fingerprint density at radius 3 is 2.67 bits per heavy atom. The van der Waals surface area contributed by atoms with Crippen LogP contribution in [-0.4, -0.2) is 38.8 Å². The number of nitrogens with zero attached hydrogens (tertiary/aromatic N) is 4. The van der Waals surface area contributed by atoms with Crippen molar-refractivity contribution in [1.29, 1.82) is 0 Å². The Hall–Kier alpha value is -3.29. The molecule has 1 unspecified atom stereocenters. The zero-order valence-electron chi connectivity index (χ0n) is 16.0. The Morgan fingerprint density at radius 1 is 1.07 bits per heavy atom. The van der Waals surface area contributed by atoms with E-state index in [-0.39, 0.29) is 11.8 Å². The third-order valence-electron chi connectivity index (χ3n) is 5.19. The van der Waals surface area contributed by atoms with Crippen LogP contribution in [0.15, 0.2) is 61.2 Å². The highest BCUT2D eigenvalue weighted by molar-refractivity contribution is 5.94. The number of hydrogen-bond acceptors (Lipinski definition) is 4. The van der Waals surface area contributed by atoms with Crippen molar-refractivity contribution < 1.29 is 18.0 Å². The number of benzene rings is 1. The highest BCUT2D eigenvalue weighted by Gasteiger charge is 2.32.